The lowest BCUT2D eigenvalue weighted by Gasteiger charge is -2.35. The molecule has 1 fully saturated rings. The molecule has 2 aromatic heterocycles. The maximum Gasteiger partial charge on any atom is 0.261 e. The van der Waals surface area contributed by atoms with Crippen molar-refractivity contribution in [3.05, 3.63) is 72.2 Å². The zero-order chi connectivity index (χ0) is 24.2. The summed E-state index contributed by atoms with van der Waals surface area (Å²) in [6.07, 6.45) is 3.95. The molecule has 0 bridgehead atoms. The predicted octanol–water partition coefficient (Wildman–Crippen LogP) is 2.34. The van der Waals surface area contributed by atoms with Crippen LogP contribution in [-0.2, 0) is 4.79 Å². The third-order valence-corrected chi connectivity index (χ3v) is 6.18. The lowest BCUT2D eigenvalue weighted by Crippen LogP contribution is -2.49. The van der Waals surface area contributed by atoms with Crippen molar-refractivity contribution >= 4 is 35.2 Å². The Morgan fingerprint density at radius 2 is 1.57 bits per heavy atom. The van der Waals surface area contributed by atoms with E-state index in [1.807, 2.05) is 29.2 Å². The molecule has 3 amide bonds. The average molecular weight is 472 g/mol. The van der Waals surface area contributed by atoms with Crippen LogP contribution in [0, 0.1) is 0 Å². The normalized spacial score (nSPS) is 15.4. The Morgan fingerprint density at radius 1 is 0.857 bits per heavy atom. The van der Waals surface area contributed by atoms with Crippen molar-refractivity contribution in [1.82, 2.24) is 24.8 Å². The van der Waals surface area contributed by atoms with Crippen LogP contribution >= 0.6 is 0 Å². The predicted molar refractivity (Wildman–Crippen MR) is 129 cm³/mol. The van der Waals surface area contributed by atoms with Crippen molar-refractivity contribution in [2.75, 3.05) is 42.9 Å². The van der Waals surface area contributed by atoms with Crippen LogP contribution in [0.1, 0.15) is 33.6 Å². The monoisotopic (exact) mass is 471 g/mol. The van der Waals surface area contributed by atoms with Gasteiger partial charge in [0.1, 0.15) is 23.8 Å². The molecule has 10 nitrogen and oxygen atoms in total. The molecule has 10 heteroatoms. The molecule has 3 aromatic rings. The van der Waals surface area contributed by atoms with Crippen LogP contribution in [0.5, 0.6) is 0 Å². The van der Waals surface area contributed by atoms with Crippen molar-refractivity contribution < 1.29 is 14.4 Å². The van der Waals surface area contributed by atoms with E-state index in [2.05, 4.69) is 25.2 Å². The fraction of sp³-hybridized carbons (Fsp3) is 0.280. The number of nitrogens with zero attached hydrogens (tertiary/aromatic N) is 6. The van der Waals surface area contributed by atoms with Gasteiger partial charge in [-0.2, -0.15) is 0 Å². The number of anilines is 3. The lowest BCUT2D eigenvalue weighted by molar-refractivity contribution is -0.131. The van der Waals surface area contributed by atoms with Crippen LogP contribution < -0.4 is 10.2 Å². The summed E-state index contributed by atoms with van der Waals surface area (Å²) in [7, 11) is 0. The molecule has 0 spiro atoms. The van der Waals surface area contributed by atoms with Gasteiger partial charge < -0.3 is 15.1 Å². The van der Waals surface area contributed by atoms with Crippen molar-refractivity contribution in [2.24, 2.45) is 0 Å². The van der Waals surface area contributed by atoms with E-state index in [9.17, 15) is 14.4 Å². The molecule has 2 aliphatic heterocycles. The Balaban J connectivity index is 1.10. The van der Waals surface area contributed by atoms with Crippen LogP contribution in [0.15, 0.2) is 61.1 Å². The topological polar surface area (TPSA) is 112 Å². The zero-order valence-electron chi connectivity index (χ0n) is 19.1. The summed E-state index contributed by atoms with van der Waals surface area (Å²) < 4.78 is 0. The number of amides is 3. The number of hydrogen-bond acceptors (Lipinski definition) is 8. The molecule has 0 radical (unpaired) electrons. The van der Waals surface area contributed by atoms with Gasteiger partial charge in [0, 0.05) is 51.4 Å². The second kappa shape index (κ2) is 9.88. The summed E-state index contributed by atoms with van der Waals surface area (Å²) in [5.41, 5.74) is 0.867. The third-order valence-electron chi connectivity index (χ3n) is 6.18. The highest BCUT2D eigenvalue weighted by Crippen LogP contribution is 2.23. The van der Waals surface area contributed by atoms with Gasteiger partial charge in [-0.05, 0) is 30.7 Å². The zero-order valence-corrected chi connectivity index (χ0v) is 19.1. The molecule has 0 unspecified atom stereocenters. The molecular weight excluding hydrogens is 446 g/mol. The highest BCUT2D eigenvalue weighted by molar-refractivity contribution is 6.21. The molecule has 4 heterocycles. The summed E-state index contributed by atoms with van der Waals surface area (Å²) >= 11 is 0. The Bertz CT molecular complexity index is 1210. The highest BCUT2D eigenvalue weighted by Gasteiger charge is 2.34. The second-order valence-corrected chi connectivity index (χ2v) is 8.38. The number of imide groups is 1. The van der Waals surface area contributed by atoms with Gasteiger partial charge in [-0.3, -0.25) is 19.3 Å². The highest BCUT2D eigenvalue weighted by atomic mass is 16.2. The number of benzene rings is 1. The fourth-order valence-electron chi connectivity index (χ4n) is 4.33. The number of pyridine rings is 1. The first kappa shape index (κ1) is 22.5. The van der Waals surface area contributed by atoms with E-state index in [0.717, 1.165) is 5.82 Å². The Kier molecular flexibility index (Phi) is 6.34. The average Bonchev–Trinajstić information content (AvgIpc) is 3.14. The van der Waals surface area contributed by atoms with Gasteiger partial charge in [0.15, 0.2) is 0 Å². The maximum absolute atomic E-state index is 12.7. The molecule has 1 saturated heterocycles. The number of carbonyl (C=O) groups is 3. The summed E-state index contributed by atoms with van der Waals surface area (Å²) in [4.78, 5) is 55.7. The number of aromatic nitrogens is 3. The Hall–Kier alpha value is -4.34. The number of hydrogen-bond donors (Lipinski definition) is 1. The van der Waals surface area contributed by atoms with E-state index >= 15 is 0 Å². The number of nitrogens with one attached hydrogen (secondary N) is 1. The second-order valence-electron chi connectivity index (χ2n) is 8.38. The standard InChI is InChI=1S/C25H25N7O3/c33-23(9-5-11-32-24(34)18-6-1-2-7-19(18)25(32)35)31-14-12-30(13-15-31)22-16-21(27-17-28-22)29-20-8-3-4-10-26-20/h1-4,6-8,10,16-17H,5,9,11-15H2,(H,26,27,28,29). The van der Waals surface area contributed by atoms with Crippen molar-refractivity contribution in [3.63, 3.8) is 0 Å². The van der Waals surface area contributed by atoms with Crippen molar-refractivity contribution in [3.8, 4) is 0 Å². The third kappa shape index (κ3) is 4.81. The van der Waals surface area contributed by atoms with E-state index in [0.29, 0.717) is 61.8 Å². The van der Waals surface area contributed by atoms with E-state index in [4.69, 9.17) is 0 Å². The molecule has 1 N–H and O–H groups in total. The maximum atomic E-state index is 12.7. The molecule has 0 aliphatic carbocycles. The summed E-state index contributed by atoms with van der Waals surface area (Å²) in [5.74, 6) is 1.61. The van der Waals surface area contributed by atoms with Gasteiger partial charge >= 0.3 is 0 Å². The van der Waals surface area contributed by atoms with Crippen molar-refractivity contribution in [1.29, 1.82) is 0 Å². The van der Waals surface area contributed by atoms with Crippen molar-refractivity contribution in [2.45, 2.75) is 12.8 Å². The van der Waals surface area contributed by atoms with Gasteiger partial charge in [0.05, 0.1) is 11.1 Å². The smallest absolute Gasteiger partial charge is 0.261 e. The largest absolute Gasteiger partial charge is 0.353 e. The van der Waals surface area contributed by atoms with Gasteiger partial charge in [-0.25, -0.2) is 15.0 Å². The van der Waals surface area contributed by atoms with E-state index < -0.39 is 0 Å². The van der Waals surface area contributed by atoms with Gasteiger partial charge in [-0.1, -0.05) is 18.2 Å². The minimum Gasteiger partial charge on any atom is -0.353 e. The molecule has 1 aromatic carbocycles. The minimum atomic E-state index is -0.284. The molecule has 0 saturated carbocycles. The molecule has 2 aliphatic rings. The van der Waals surface area contributed by atoms with Crippen LogP contribution in [0.3, 0.4) is 0 Å². The summed E-state index contributed by atoms with van der Waals surface area (Å²) in [6, 6.07) is 14.3. The number of piperazine rings is 1. The van der Waals surface area contributed by atoms with Gasteiger partial charge in [-0.15, -0.1) is 0 Å². The lowest BCUT2D eigenvalue weighted by atomic mass is 10.1. The summed E-state index contributed by atoms with van der Waals surface area (Å²) in [6.45, 7) is 2.72. The number of fused-ring (bicyclic) bond motifs is 1. The van der Waals surface area contributed by atoms with Crippen LogP contribution in [0.2, 0.25) is 0 Å². The van der Waals surface area contributed by atoms with Gasteiger partial charge in [0.2, 0.25) is 5.91 Å². The fourth-order valence-corrected chi connectivity index (χ4v) is 4.33. The molecule has 5 rings (SSSR count). The first-order valence-corrected chi connectivity index (χ1v) is 11.6. The first-order chi connectivity index (χ1) is 17.1. The SMILES string of the molecule is O=C(CCCN1C(=O)c2ccccc2C1=O)N1CCN(c2cc(Nc3ccccn3)ncn2)CC1. The quantitative estimate of drug-likeness (QED) is 0.523. The Morgan fingerprint density at radius 3 is 2.26 bits per heavy atom. The molecule has 35 heavy (non-hydrogen) atoms. The minimum absolute atomic E-state index is 0.0291. The van der Waals surface area contributed by atoms with E-state index in [1.165, 1.54) is 11.2 Å². The van der Waals surface area contributed by atoms with Crippen LogP contribution in [0.4, 0.5) is 17.5 Å². The van der Waals surface area contributed by atoms with Crippen LogP contribution in [-0.4, -0.2) is 75.2 Å². The summed E-state index contributed by atoms with van der Waals surface area (Å²) in [5, 5.41) is 3.16. The Labute approximate surface area is 202 Å². The van der Waals surface area contributed by atoms with E-state index in [-0.39, 0.29) is 24.3 Å². The number of carbonyl (C=O) groups excluding carboxylic acids is 3. The van der Waals surface area contributed by atoms with E-state index in [1.54, 1.807) is 30.5 Å². The number of rotatable bonds is 7. The molecule has 0 atom stereocenters. The molecule has 178 valence electrons. The molecular formula is C25H25N7O3. The first-order valence-electron chi connectivity index (χ1n) is 11.6. The van der Waals surface area contributed by atoms with Crippen LogP contribution in [0.25, 0.3) is 0 Å². The van der Waals surface area contributed by atoms with Gasteiger partial charge in [0.25, 0.3) is 11.8 Å².